The highest BCUT2D eigenvalue weighted by molar-refractivity contribution is 14.0. The van der Waals surface area contributed by atoms with E-state index in [0.29, 0.717) is 12.0 Å². The van der Waals surface area contributed by atoms with Crippen LogP contribution in [0.2, 0.25) is 0 Å². The molecule has 1 unspecified atom stereocenters. The number of morpholine rings is 1. The number of ether oxygens (including phenoxy) is 1. The Bertz CT molecular complexity index is 329. The van der Waals surface area contributed by atoms with Gasteiger partial charge in [-0.15, -0.1) is 24.0 Å². The van der Waals surface area contributed by atoms with Crippen LogP contribution in [0.25, 0.3) is 0 Å². The third-order valence-corrected chi connectivity index (χ3v) is 4.52. The molecule has 0 radical (unpaired) electrons. The summed E-state index contributed by atoms with van der Waals surface area (Å²) >= 11 is 0. The Kier molecular flexibility index (Phi) is 11.2. The number of hydrogen-bond acceptors (Lipinski definition) is 3. The Morgan fingerprint density at radius 1 is 1.22 bits per heavy atom. The number of nitrogens with one attached hydrogen (secondary N) is 2. The zero-order valence-corrected chi connectivity index (χ0v) is 17.2. The molecule has 23 heavy (non-hydrogen) atoms. The summed E-state index contributed by atoms with van der Waals surface area (Å²) in [5, 5.41) is 7.02. The highest BCUT2D eigenvalue weighted by Gasteiger charge is 2.16. The van der Waals surface area contributed by atoms with Crippen molar-refractivity contribution in [2.24, 2.45) is 10.9 Å². The fourth-order valence-electron chi connectivity index (χ4n) is 3.29. The molecular weight excluding hydrogens is 403 g/mol. The molecule has 0 bridgehead atoms. The van der Waals surface area contributed by atoms with Crippen molar-refractivity contribution in [3.8, 4) is 0 Å². The van der Waals surface area contributed by atoms with Crippen molar-refractivity contribution in [3.05, 3.63) is 0 Å². The van der Waals surface area contributed by atoms with Gasteiger partial charge in [0, 0.05) is 38.8 Å². The van der Waals surface area contributed by atoms with Gasteiger partial charge in [-0.05, 0) is 25.7 Å². The lowest BCUT2D eigenvalue weighted by Gasteiger charge is -2.29. The largest absolute Gasteiger partial charge is 0.379 e. The van der Waals surface area contributed by atoms with E-state index in [4.69, 9.17) is 9.73 Å². The summed E-state index contributed by atoms with van der Waals surface area (Å²) in [6, 6.07) is 0.612. The van der Waals surface area contributed by atoms with Gasteiger partial charge in [-0.3, -0.25) is 9.89 Å². The SMILES string of the molecule is CCNC(=NCC(C)CN1CCOCC1)NC1CCCCC1.I. The lowest BCUT2D eigenvalue weighted by atomic mass is 9.96. The molecule has 136 valence electrons. The molecule has 1 atom stereocenters. The molecule has 5 nitrogen and oxygen atoms in total. The molecule has 2 aliphatic rings. The Labute approximate surface area is 159 Å². The Morgan fingerprint density at radius 3 is 2.57 bits per heavy atom. The summed E-state index contributed by atoms with van der Waals surface area (Å²) in [5.41, 5.74) is 0. The van der Waals surface area contributed by atoms with E-state index in [1.54, 1.807) is 0 Å². The summed E-state index contributed by atoms with van der Waals surface area (Å²) in [6.07, 6.45) is 6.67. The summed E-state index contributed by atoms with van der Waals surface area (Å²) in [6.45, 7) is 11.2. The van der Waals surface area contributed by atoms with Crippen molar-refractivity contribution in [1.29, 1.82) is 0 Å². The lowest BCUT2D eigenvalue weighted by Crippen LogP contribution is -2.44. The van der Waals surface area contributed by atoms with Gasteiger partial charge in [0.1, 0.15) is 0 Å². The first-order valence-corrected chi connectivity index (χ1v) is 9.13. The molecule has 0 amide bonds. The van der Waals surface area contributed by atoms with Crippen LogP contribution in [0.1, 0.15) is 46.0 Å². The molecule has 0 aromatic carbocycles. The van der Waals surface area contributed by atoms with Crippen LogP contribution in [0.15, 0.2) is 4.99 Å². The predicted molar refractivity (Wildman–Crippen MR) is 108 cm³/mol. The molecule has 6 heteroatoms. The van der Waals surface area contributed by atoms with Crippen LogP contribution in [0.3, 0.4) is 0 Å². The number of guanidine groups is 1. The minimum absolute atomic E-state index is 0. The molecular formula is C17H35IN4O. The summed E-state index contributed by atoms with van der Waals surface area (Å²) in [7, 11) is 0. The fourth-order valence-corrected chi connectivity index (χ4v) is 3.29. The molecule has 1 saturated heterocycles. The lowest BCUT2D eigenvalue weighted by molar-refractivity contribution is 0.0323. The maximum Gasteiger partial charge on any atom is 0.191 e. The van der Waals surface area contributed by atoms with Gasteiger partial charge in [0.25, 0.3) is 0 Å². The van der Waals surface area contributed by atoms with Gasteiger partial charge >= 0.3 is 0 Å². The first kappa shape index (κ1) is 21.0. The van der Waals surface area contributed by atoms with Crippen molar-refractivity contribution < 1.29 is 4.74 Å². The van der Waals surface area contributed by atoms with E-state index in [0.717, 1.165) is 51.9 Å². The van der Waals surface area contributed by atoms with Gasteiger partial charge in [0.2, 0.25) is 0 Å². The number of hydrogen-bond donors (Lipinski definition) is 2. The highest BCUT2D eigenvalue weighted by Crippen LogP contribution is 2.17. The number of rotatable bonds is 6. The van der Waals surface area contributed by atoms with Crippen LogP contribution in [0.4, 0.5) is 0 Å². The molecule has 0 aromatic heterocycles. The number of halogens is 1. The van der Waals surface area contributed by atoms with Gasteiger partial charge in [-0.2, -0.15) is 0 Å². The van der Waals surface area contributed by atoms with Crippen LogP contribution >= 0.6 is 24.0 Å². The van der Waals surface area contributed by atoms with Gasteiger partial charge in [-0.25, -0.2) is 0 Å². The summed E-state index contributed by atoms with van der Waals surface area (Å²) < 4.78 is 5.41. The second-order valence-corrected chi connectivity index (χ2v) is 6.72. The first-order valence-electron chi connectivity index (χ1n) is 9.13. The van der Waals surface area contributed by atoms with Crippen molar-refractivity contribution in [3.63, 3.8) is 0 Å². The van der Waals surface area contributed by atoms with E-state index in [1.165, 1.54) is 32.1 Å². The third kappa shape index (κ3) is 8.54. The Balaban J connectivity index is 0.00000264. The molecule has 1 heterocycles. The zero-order valence-electron chi connectivity index (χ0n) is 14.9. The van der Waals surface area contributed by atoms with Gasteiger partial charge < -0.3 is 15.4 Å². The second-order valence-electron chi connectivity index (χ2n) is 6.72. The van der Waals surface area contributed by atoms with E-state index >= 15 is 0 Å². The molecule has 0 aromatic rings. The van der Waals surface area contributed by atoms with Crippen molar-refractivity contribution in [1.82, 2.24) is 15.5 Å². The third-order valence-electron chi connectivity index (χ3n) is 4.52. The normalized spacial score (nSPS) is 22.3. The number of nitrogens with zero attached hydrogens (tertiary/aromatic N) is 2. The smallest absolute Gasteiger partial charge is 0.191 e. The highest BCUT2D eigenvalue weighted by atomic mass is 127. The van der Waals surface area contributed by atoms with Crippen molar-refractivity contribution in [2.75, 3.05) is 45.9 Å². The van der Waals surface area contributed by atoms with Crippen LogP contribution in [0, 0.1) is 5.92 Å². The molecule has 1 aliphatic heterocycles. The molecule has 2 fully saturated rings. The molecule has 1 aliphatic carbocycles. The van der Waals surface area contributed by atoms with E-state index in [2.05, 4.69) is 29.4 Å². The minimum Gasteiger partial charge on any atom is -0.379 e. The Morgan fingerprint density at radius 2 is 1.91 bits per heavy atom. The first-order chi connectivity index (χ1) is 10.8. The van der Waals surface area contributed by atoms with Gasteiger partial charge in [-0.1, -0.05) is 26.2 Å². The van der Waals surface area contributed by atoms with Crippen LogP contribution in [0.5, 0.6) is 0 Å². The van der Waals surface area contributed by atoms with E-state index in [-0.39, 0.29) is 24.0 Å². The molecule has 2 N–H and O–H groups in total. The predicted octanol–water partition coefficient (Wildman–Crippen LogP) is 2.46. The maximum absolute atomic E-state index is 5.41. The van der Waals surface area contributed by atoms with Crippen LogP contribution in [-0.2, 0) is 4.74 Å². The van der Waals surface area contributed by atoms with E-state index < -0.39 is 0 Å². The number of aliphatic imine (C=N–C) groups is 1. The monoisotopic (exact) mass is 438 g/mol. The van der Waals surface area contributed by atoms with Crippen molar-refractivity contribution >= 4 is 29.9 Å². The Hall–Kier alpha value is -0.0800. The second kappa shape index (κ2) is 12.3. The van der Waals surface area contributed by atoms with E-state index in [1.807, 2.05) is 0 Å². The van der Waals surface area contributed by atoms with Gasteiger partial charge in [0.15, 0.2) is 5.96 Å². The average molecular weight is 438 g/mol. The topological polar surface area (TPSA) is 48.9 Å². The summed E-state index contributed by atoms with van der Waals surface area (Å²) in [5.74, 6) is 1.59. The van der Waals surface area contributed by atoms with E-state index in [9.17, 15) is 0 Å². The maximum atomic E-state index is 5.41. The minimum atomic E-state index is 0. The zero-order chi connectivity index (χ0) is 15.6. The van der Waals surface area contributed by atoms with Gasteiger partial charge in [0.05, 0.1) is 13.2 Å². The molecule has 1 saturated carbocycles. The summed E-state index contributed by atoms with van der Waals surface area (Å²) in [4.78, 5) is 7.30. The van der Waals surface area contributed by atoms with Crippen LogP contribution in [-0.4, -0.2) is 62.8 Å². The molecule has 0 spiro atoms. The standard InChI is InChI=1S/C17H34N4O.HI/c1-3-18-17(20-16-7-5-4-6-8-16)19-13-15(2)14-21-9-11-22-12-10-21;/h15-16H,3-14H2,1-2H3,(H2,18,19,20);1H. The van der Waals surface area contributed by atoms with Crippen molar-refractivity contribution in [2.45, 2.75) is 52.0 Å². The fraction of sp³-hybridized carbons (Fsp3) is 0.941. The average Bonchev–Trinajstić information content (AvgIpc) is 2.55. The molecule has 2 rings (SSSR count). The van der Waals surface area contributed by atoms with Crippen LogP contribution < -0.4 is 10.6 Å². The quantitative estimate of drug-likeness (QED) is 0.380.